The molecule has 3 aliphatic carbocycles. The van der Waals surface area contributed by atoms with Crippen LogP contribution in [-0.2, 0) is 17.3 Å². The van der Waals surface area contributed by atoms with E-state index < -0.39 is 0 Å². The molecule has 2 heterocycles. The minimum Gasteiger partial charge on any atom is -0.308 e. The summed E-state index contributed by atoms with van der Waals surface area (Å²) < 4.78 is 2.57. The lowest BCUT2D eigenvalue weighted by molar-refractivity contribution is 0.573. The van der Waals surface area contributed by atoms with Crippen molar-refractivity contribution in [3.05, 3.63) is 117 Å². The Morgan fingerprint density at radius 3 is 2.20 bits per heavy atom. The molecule has 9 rings (SSSR count). The van der Waals surface area contributed by atoms with Crippen LogP contribution in [0.2, 0.25) is 0 Å². The van der Waals surface area contributed by atoms with Crippen molar-refractivity contribution in [3.63, 3.8) is 0 Å². The fourth-order valence-electron chi connectivity index (χ4n) is 9.66. The lowest BCUT2D eigenvalue weighted by Gasteiger charge is -2.27. The van der Waals surface area contributed by atoms with E-state index in [0.717, 1.165) is 56.1 Å². The van der Waals surface area contributed by atoms with E-state index >= 15 is 0 Å². The summed E-state index contributed by atoms with van der Waals surface area (Å²) >= 11 is 0. The van der Waals surface area contributed by atoms with Crippen molar-refractivity contribution >= 4 is 66.6 Å². The highest BCUT2D eigenvalue weighted by atomic mass is 14.9. The van der Waals surface area contributed by atoms with Crippen LogP contribution in [0.15, 0.2) is 72.9 Å². The van der Waals surface area contributed by atoms with Crippen LogP contribution in [-0.4, -0.2) is 4.40 Å². The van der Waals surface area contributed by atoms with E-state index in [-0.39, 0.29) is 10.8 Å². The molecule has 0 N–H and O–H groups in total. The SMILES string of the molecule is CC.CC1CCC/C=C/c2c(C#N)cc3c(c21)c1c2cc(C(C)(C)C)cc(C(C)(C)C)c2cc2c4c5c(c(C6=CC=CCC=C6)cc4n3c21)CCCC=C5. The summed E-state index contributed by atoms with van der Waals surface area (Å²) in [6.07, 6.45) is 28.4. The smallest absolute Gasteiger partial charge is 0.0998 e. The Bertz CT molecular complexity index is 2680. The van der Waals surface area contributed by atoms with Gasteiger partial charge in [-0.3, -0.25) is 0 Å². The molecule has 0 radical (unpaired) electrons. The Hall–Kier alpha value is -4.87. The maximum absolute atomic E-state index is 10.8. The van der Waals surface area contributed by atoms with Crippen molar-refractivity contribution in [1.29, 1.82) is 5.26 Å². The van der Waals surface area contributed by atoms with Crippen molar-refractivity contribution in [2.75, 3.05) is 0 Å². The minimum atomic E-state index is -0.0506. The second-order valence-electron chi connectivity index (χ2n) is 17.8. The van der Waals surface area contributed by atoms with Crippen molar-refractivity contribution < 1.29 is 0 Å². The maximum Gasteiger partial charge on any atom is 0.0998 e. The van der Waals surface area contributed by atoms with Crippen LogP contribution >= 0.6 is 0 Å². The molecule has 2 heteroatoms. The molecule has 0 aliphatic heterocycles. The molecule has 0 bridgehead atoms. The molecule has 1 atom stereocenters. The highest BCUT2D eigenvalue weighted by Gasteiger charge is 2.31. The van der Waals surface area contributed by atoms with Crippen LogP contribution in [0.25, 0.3) is 66.6 Å². The average Bonchev–Trinajstić information content (AvgIpc) is 3.35. The molecule has 274 valence electrons. The zero-order valence-corrected chi connectivity index (χ0v) is 34.0. The molecule has 2 aromatic heterocycles. The largest absolute Gasteiger partial charge is 0.308 e. The second kappa shape index (κ2) is 13.5. The third-order valence-corrected chi connectivity index (χ3v) is 12.3. The number of aromatic nitrogens is 1. The molecule has 54 heavy (non-hydrogen) atoms. The normalized spacial score (nSPS) is 18.1. The highest BCUT2D eigenvalue weighted by molar-refractivity contribution is 6.33. The summed E-state index contributed by atoms with van der Waals surface area (Å²) in [5.74, 6) is 0.332. The molecule has 0 spiro atoms. The predicted octanol–water partition coefficient (Wildman–Crippen LogP) is 15.0. The number of fused-ring (bicyclic) bond motifs is 12. The Labute approximate surface area is 322 Å². The van der Waals surface area contributed by atoms with Gasteiger partial charge in [0.1, 0.15) is 0 Å². The molecule has 0 saturated heterocycles. The number of nitriles is 1. The third kappa shape index (κ3) is 5.57. The number of rotatable bonds is 1. The predicted molar refractivity (Wildman–Crippen MR) is 236 cm³/mol. The van der Waals surface area contributed by atoms with E-state index in [1.807, 2.05) is 13.8 Å². The van der Waals surface area contributed by atoms with Gasteiger partial charge in [-0.25, -0.2) is 0 Å². The third-order valence-electron chi connectivity index (χ3n) is 12.3. The summed E-state index contributed by atoms with van der Waals surface area (Å²) in [4.78, 5) is 0. The average molecular weight is 709 g/mol. The van der Waals surface area contributed by atoms with Crippen molar-refractivity contribution in [1.82, 2.24) is 4.40 Å². The van der Waals surface area contributed by atoms with Gasteiger partial charge in [-0.2, -0.15) is 5.26 Å². The molecule has 0 amide bonds. The fourth-order valence-corrected chi connectivity index (χ4v) is 9.66. The summed E-state index contributed by atoms with van der Waals surface area (Å²) in [7, 11) is 0. The Balaban J connectivity index is 0.00000203. The van der Waals surface area contributed by atoms with Gasteiger partial charge in [-0.1, -0.05) is 123 Å². The molecular weight excluding hydrogens is 653 g/mol. The minimum absolute atomic E-state index is 0.00898. The van der Waals surface area contributed by atoms with Crippen molar-refractivity contribution in [3.8, 4) is 6.07 Å². The van der Waals surface area contributed by atoms with Crippen molar-refractivity contribution in [2.24, 2.45) is 0 Å². The molecule has 0 fully saturated rings. The van der Waals surface area contributed by atoms with E-state index in [1.54, 1.807) is 0 Å². The molecule has 3 aliphatic rings. The zero-order chi connectivity index (χ0) is 38.1. The first kappa shape index (κ1) is 36.1. The molecule has 4 aromatic carbocycles. The van der Waals surface area contributed by atoms with Gasteiger partial charge in [0.25, 0.3) is 0 Å². The summed E-state index contributed by atoms with van der Waals surface area (Å²) in [6.45, 7) is 20.6. The summed E-state index contributed by atoms with van der Waals surface area (Å²) in [6, 6.07) is 15.0. The second-order valence-corrected chi connectivity index (χ2v) is 17.8. The Morgan fingerprint density at radius 2 is 1.46 bits per heavy atom. The highest BCUT2D eigenvalue weighted by Crippen LogP contribution is 2.51. The number of allylic oxidation sites excluding steroid dienone is 8. The summed E-state index contributed by atoms with van der Waals surface area (Å²) in [5, 5.41) is 18.9. The van der Waals surface area contributed by atoms with E-state index in [4.69, 9.17) is 0 Å². The van der Waals surface area contributed by atoms with Gasteiger partial charge < -0.3 is 4.40 Å². The van der Waals surface area contributed by atoms with Crippen LogP contribution in [0.3, 0.4) is 0 Å². The van der Waals surface area contributed by atoms with Crippen LogP contribution in [0.5, 0.6) is 0 Å². The molecule has 0 saturated carbocycles. The van der Waals surface area contributed by atoms with Gasteiger partial charge in [-0.05, 0) is 141 Å². The standard InChI is InChI=1S/C50H50N2.C2H6/c1-30-18-12-10-15-21-34-32(29-51)24-42-47(44(30)34)46-39-25-33(49(2,3)4)26-41(50(5,6)7)38(39)27-40-45-36-23-17-11-16-22-35(36)37(28-43(45)52(42)48(40)46)31-19-13-8-9-14-20-31;1-2/h8,13-15,17,19-21,23-28,30H,9-12,16,18,22H2,1-7H3;1-2H3/b21-15+;. The van der Waals surface area contributed by atoms with Crippen LogP contribution < -0.4 is 0 Å². The first-order valence-electron chi connectivity index (χ1n) is 20.6. The van der Waals surface area contributed by atoms with E-state index in [1.165, 1.54) is 87.8 Å². The molecule has 2 nitrogen and oxygen atoms in total. The van der Waals surface area contributed by atoms with Crippen molar-refractivity contribution in [2.45, 2.75) is 124 Å². The van der Waals surface area contributed by atoms with Gasteiger partial charge in [-0.15, -0.1) is 0 Å². The Kier molecular flexibility index (Phi) is 9.00. The zero-order valence-electron chi connectivity index (χ0n) is 34.0. The monoisotopic (exact) mass is 708 g/mol. The van der Waals surface area contributed by atoms with Gasteiger partial charge in [0.15, 0.2) is 0 Å². The molecule has 1 unspecified atom stereocenters. The lowest BCUT2D eigenvalue weighted by Crippen LogP contribution is -2.16. The van der Waals surface area contributed by atoms with Gasteiger partial charge >= 0.3 is 0 Å². The number of hydrogen-bond donors (Lipinski definition) is 0. The van der Waals surface area contributed by atoms with E-state index in [9.17, 15) is 5.26 Å². The Morgan fingerprint density at radius 1 is 0.722 bits per heavy atom. The number of nitrogens with zero attached hydrogens (tertiary/aromatic N) is 2. The number of hydrogen-bond acceptors (Lipinski definition) is 1. The number of benzene rings is 4. The van der Waals surface area contributed by atoms with Gasteiger partial charge in [0.2, 0.25) is 0 Å². The molecule has 6 aromatic rings. The maximum atomic E-state index is 10.8. The topological polar surface area (TPSA) is 28.2 Å². The van der Waals surface area contributed by atoms with Gasteiger partial charge in [0, 0.05) is 21.5 Å². The molecular formula is C52H56N2. The van der Waals surface area contributed by atoms with E-state index in [2.05, 4.69) is 144 Å². The van der Waals surface area contributed by atoms with E-state index in [0.29, 0.717) is 5.92 Å². The lowest BCUT2D eigenvalue weighted by atomic mass is 9.76. The van der Waals surface area contributed by atoms with Crippen LogP contribution in [0, 0.1) is 11.3 Å². The van der Waals surface area contributed by atoms with Crippen LogP contribution in [0.1, 0.15) is 151 Å². The fraction of sp³-hybridized carbons (Fsp3) is 0.365. The van der Waals surface area contributed by atoms with Crippen LogP contribution in [0.4, 0.5) is 0 Å². The quantitative estimate of drug-likeness (QED) is 0.167. The summed E-state index contributed by atoms with van der Waals surface area (Å²) in [5.41, 5.74) is 15.2. The van der Waals surface area contributed by atoms with Gasteiger partial charge in [0.05, 0.1) is 28.2 Å². The first-order chi connectivity index (χ1) is 26.0. The first-order valence-corrected chi connectivity index (χ1v) is 20.6.